The van der Waals surface area contributed by atoms with Crippen LogP contribution in [0.1, 0.15) is 11.1 Å². The molecule has 0 aliphatic carbocycles. The number of hydrogen-bond acceptors (Lipinski definition) is 11. The van der Waals surface area contributed by atoms with Crippen LogP contribution in [0.3, 0.4) is 0 Å². The maximum Gasteiger partial charge on any atom is -0.0191 e. The average Bonchev–Trinajstić information content (AvgIpc) is 2.70. The van der Waals surface area contributed by atoms with Crippen molar-refractivity contribution in [1.29, 1.82) is 0 Å². The van der Waals surface area contributed by atoms with E-state index in [4.69, 9.17) is 9.47 Å². The summed E-state index contributed by atoms with van der Waals surface area (Å²) < 4.78 is 11.2. The second-order valence-electron chi connectivity index (χ2n) is 7.72. The van der Waals surface area contributed by atoms with E-state index < -0.39 is 28.5 Å². The Morgan fingerprint density at radius 2 is 1.27 bits per heavy atom. The molecule has 0 fully saturated rings. The van der Waals surface area contributed by atoms with Gasteiger partial charge in [-0.3, -0.25) is 0 Å². The van der Waals surface area contributed by atoms with Crippen molar-refractivity contribution in [1.82, 2.24) is 9.91 Å². The minimum atomic E-state index is -4.45. The summed E-state index contributed by atoms with van der Waals surface area (Å²) in [4.78, 5) is 56.9. The van der Waals surface area contributed by atoms with Gasteiger partial charge in [-0.25, -0.2) is 0 Å². The number of hydrogen-bond donors (Lipinski definition) is 6. The summed E-state index contributed by atoms with van der Waals surface area (Å²) in [5.74, 6) is 1.24. The van der Waals surface area contributed by atoms with E-state index >= 15 is 0 Å². The molecule has 0 aliphatic rings. The molecule has 0 radical (unpaired) electrons. The van der Waals surface area contributed by atoms with Gasteiger partial charge in [0, 0.05) is 14.1 Å². The Kier molecular flexibility index (Phi) is 10.4. The normalized spacial score (nSPS) is 13.4. The van der Waals surface area contributed by atoms with Crippen molar-refractivity contribution in [3.8, 4) is 11.5 Å². The standard InChI is InChI=1S/C20H33N3O8P2/c1-22(2)21-13-18-5-9-20(10-6-18)31-16-30-19-7-3-17(4-8-19)11-12-23(14-32(24,25)26)15-33(27,28)29/h3-10,13,24-29,32-33H,11-12,14-16H2,1-2H3/b21-13+. The van der Waals surface area contributed by atoms with Gasteiger partial charge in [0.15, 0.2) is 0 Å². The van der Waals surface area contributed by atoms with E-state index in [2.05, 4.69) is 5.10 Å². The van der Waals surface area contributed by atoms with Crippen molar-refractivity contribution in [2.75, 3.05) is 40.0 Å². The zero-order valence-corrected chi connectivity index (χ0v) is 20.6. The summed E-state index contributed by atoms with van der Waals surface area (Å²) in [5.41, 5.74) is 1.81. The molecule has 0 bridgehead atoms. The molecule has 0 unspecified atom stereocenters. The molecule has 0 amide bonds. The predicted molar refractivity (Wildman–Crippen MR) is 130 cm³/mol. The van der Waals surface area contributed by atoms with Crippen LogP contribution in [0.25, 0.3) is 0 Å². The molecule has 0 saturated carbocycles. The summed E-state index contributed by atoms with van der Waals surface area (Å²) >= 11 is 0. The second kappa shape index (κ2) is 12.5. The van der Waals surface area contributed by atoms with Crippen LogP contribution in [0.2, 0.25) is 0 Å². The first-order valence-electron chi connectivity index (χ1n) is 10.1. The van der Waals surface area contributed by atoms with E-state index in [0.717, 1.165) is 11.1 Å². The van der Waals surface area contributed by atoms with Crippen LogP contribution in [0.4, 0.5) is 0 Å². The Hall–Kier alpha value is -1.91. The Bertz CT molecular complexity index is 853. The van der Waals surface area contributed by atoms with Gasteiger partial charge in [0.05, 0.1) is 6.21 Å². The molecular weight excluding hydrogens is 472 g/mol. The van der Waals surface area contributed by atoms with Crippen LogP contribution in [0, 0.1) is 0 Å². The SMILES string of the molecule is CN(C)/N=C/c1ccc(OCOc2ccc(CCN(C[PH](O)(O)O)C[PH](O)(O)O)cc2)cc1. The molecule has 0 heterocycles. The first-order valence-corrected chi connectivity index (χ1v) is 14.2. The Morgan fingerprint density at radius 3 is 1.73 bits per heavy atom. The third-order valence-corrected chi connectivity index (χ3v) is 6.02. The number of benzene rings is 2. The van der Waals surface area contributed by atoms with Gasteiger partial charge in [0.25, 0.3) is 0 Å². The van der Waals surface area contributed by atoms with E-state index in [1.807, 2.05) is 38.4 Å². The van der Waals surface area contributed by atoms with Crippen LogP contribution in [0.5, 0.6) is 11.5 Å². The minimum Gasteiger partial charge on any atom is -0.0497 e. The molecule has 0 atom stereocenters. The van der Waals surface area contributed by atoms with Gasteiger partial charge >= 0.3 is 133 Å². The molecule has 0 saturated heterocycles. The molecule has 11 nitrogen and oxygen atoms in total. The van der Waals surface area contributed by atoms with Gasteiger partial charge in [-0.15, -0.1) is 0 Å². The largest absolute Gasteiger partial charge is 0.0497 e. The van der Waals surface area contributed by atoms with Crippen molar-refractivity contribution < 1.29 is 38.8 Å². The summed E-state index contributed by atoms with van der Waals surface area (Å²) in [6.45, 7) is 0.191. The quantitative estimate of drug-likeness (QED) is 0.0991. The van der Waals surface area contributed by atoms with Crippen LogP contribution in [0.15, 0.2) is 53.6 Å². The Balaban J connectivity index is 1.81. The fourth-order valence-electron chi connectivity index (χ4n) is 2.85. The Morgan fingerprint density at radius 1 is 0.788 bits per heavy atom. The predicted octanol–water partition coefficient (Wildman–Crippen LogP) is 0.700. The van der Waals surface area contributed by atoms with Crippen molar-refractivity contribution >= 4 is 22.1 Å². The molecule has 33 heavy (non-hydrogen) atoms. The number of rotatable bonds is 13. The van der Waals surface area contributed by atoms with Crippen LogP contribution in [-0.2, 0) is 6.42 Å². The van der Waals surface area contributed by atoms with Crippen molar-refractivity contribution in [3.05, 3.63) is 59.7 Å². The van der Waals surface area contributed by atoms with Gasteiger partial charge in [0.2, 0.25) is 0 Å². The first kappa shape index (κ1) is 27.3. The van der Waals surface area contributed by atoms with Gasteiger partial charge in [-0.2, -0.15) is 5.10 Å². The molecule has 0 aromatic heterocycles. The van der Waals surface area contributed by atoms with Crippen LogP contribution >= 0.6 is 15.9 Å². The first-order chi connectivity index (χ1) is 15.4. The molecule has 0 aliphatic heterocycles. The second-order valence-corrected chi connectivity index (χ2v) is 11.5. The smallest absolute Gasteiger partial charge is 0.0191 e. The van der Waals surface area contributed by atoms with Crippen molar-refractivity contribution in [3.63, 3.8) is 0 Å². The number of hydrazone groups is 1. The van der Waals surface area contributed by atoms with Crippen LogP contribution in [-0.4, -0.2) is 85.5 Å². The van der Waals surface area contributed by atoms with Crippen LogP contribution < -0.4 is 9.47 Å². The monoisotopic (exact) mass is 505 g/mol. The molecule has 6 N–H and O–H groups in total. The zero-order valence-electron chi connectivity index (χ0n) is 18.6. The van der Waals surface area contributed by atoms with Gasteiger partial charge in [0.1, 0.15) is 0 Å². The fourth-order valence-corrected chi connectivity index (χ4v) is 4.81. The molecule has 186 valence electrons. The third kappa shape index (κ3) is 12.2. The number of ether oxygens (including phenoxy) is 2. The fraction of sp³-hybridized carbons (Fsp3) is 0.350. The Labute approximate surface area is 193 Å². The zero-order chi connectivity index (χ0) is 24.5. The maximum atomic E-state index is 9.28. The topological polar surface area (TPSA) is 159 Å². The van der Waals surface area contributed by atoms with Gasteiger partial charge in [-0.1, -0.05) is 0 Å². The molecule has 2 aromatic carbocycles. The summed E-state index contributed by atoms with van der Waals surface area (Å²) in [7, 11) is -5.21. The van der Waals surface area contributed by atoms with Gasteiger partial charge < -0.3 is 5.01 Å². The van der Waals surface area contributed by atoms with Crippen molar-refractivity contribution in [2.45, 2.75) is 6.42 Å². The van der Waals surface area contributed by atoms with E-state index in [1.165, 1.54) is 4.90 Å². The molecular formula is C20H33N3O8P2. The molecule has 0 spiro atoms. The van der Waals surface area contributed by atoms with E-state index in [9.17, 15) is 29.4 Å². The number of nitrogens with zero attached hydrogens (tertiary/aromatic N) is 3. The van der Waals surface area contributed by atoms with E-state index in [-0.39, 0.29) is 13.3 Å². The minimum absolute atomic E-state index is 0.0185. The molecule has 2 aromatic rings. The summed E-state index contributed by atoms with van der Waals surface area (Å²) in [6, 6.07) is 14.5. The van der Waals surface area contributed by atoms with E-state index in [0.29, 0.717) is 17.9 Å². The van der Waals surface area contributed by atoms with E-state index in [1.54, 1.807) is 35.5 Å². The maximum absolute atomic E-state index is 9.28. The summed E-state index contributed by atoms with van der Waals surface area (Å²) in [6.07, 6.45) is 1.08. The summed E-state index contributed by atoms with van der Waals surface area (Å²) in [5, 5.41) is 5.87. The third-order valence-electron chi connectivity index (χ3n) is 4.28. The average molecular weight is 505 g/mol. The van der Waals surface area contributed by atoms with Crippen molar-refractivity contribution in [2.24, 2.45) is 5.10 Å². The van der Waals surface area contributed by atoms with Gasteiger partial charge in [-0.05, 0) is 29.8 Å². The molecule has 2 rings (SSSR count). The molecule has 13 heteroatoms.